The summed E-state index contributed by atoms with van der Waals surface area (Å²) >= 11 is 6.96. The Morgan fingerprint density at radius 1 is 1.09 bits per heavy atom. The van der Waals surface area contributed by atoms with Gasteiger partial charge in [0.15, 0.2) is 0 Å². The van der Waals surface area contributed by atoms with Crippen molar-refractivity contribution in [2.45, 2.75) is 59.3 Å². The molecule has 1 aliphatic heterocycles. The number of thiocarbonyl (C=S) groups is 1. The highest BCUT2D eigenvalue weighted by molar-refractivity contribution is 8.26. The Labute approximate surface area is 218 Å². The van der Waals surface area contributed by atoms with Crippen molar-refractivity contribution in [2.75, 3.05) is 6.54 Å². The Balaban J connectivity index is 1.74. The van der Waals surface area contributed by atoms with E-state index in [0.717, 1.165) is 40.9 Å². The maximum atomic E-state index is 13.2. The fourth-order valence-electron chi connectivity index (χ4n) is 4.20. The molecular formula is C29H33N3OS2. The van der Waals surface area contributed by atoms with Crippen molar-refractivity contribution in [3.05, 3.63) is 76.3 Å². The Kier molecular flexibility index (Phi) is 8.24. The molecule has 0 bridgehead atoms. The highest BCUT2D eigenvalue weighted by atomic mass is 32.2. The molecule has 0 N–H and O–H groups in total. The topological polar surface area (TPSA) is 38.1 Å². The minimum atomic E-state index is 0.00237. The summed E-state index contributed by atoms with van der Waals surface area (Å²) in [5, 5.41) is 4.99. The first kappa shape index (κ1) is 25.4. The first-order chi connectivity index (χ1) is 16.9. The van der Waals surface area contributed by atoms with Gasteiger partial charge in [-0.3, -0.25) is 9.69 Å². The lowest BCUT2D eigenvalue weighted by Gasteiger charge is -2.13. The SMILES string of the molecule is CCCCCCN1C(=O)/C(=C/c2cn(-c3ccccc3)nc2-c2cc(C(C)C)ccc2C)SC1=S. The van der Waals surface area contributed by atoms with Gasteiger partial charge in [-0.25, -0.2) is 4.68 Å². The van der Waals surface area contributed by atoms with Crippen LogP contribution in [0.15, 0.2) is 59.6 Å². The fourth-order valence-corrected chi connectivity index (χ4v) is 5.50. The second-order valence-electron chi connectivity index (χ2n) is 9.34. The van der Waals surface area contributed by atoms with Crippen molar-refractivity contribution in [1.29, 1.82) is 0 Å². The van der Waals surface area contributed by atoms with E-state index in [4.69, 9.17) is 17.3 Å². The molecule has 35 heavy (non-hydrogen) atoms. The Morgan fingerprint density at radius 2 is 1.86 bits per heavy atom. The van der Waals surface area contributed by atoms with E-state index in [1.165, 1.54) is 30.2 Å². The molecule has 0 unspecified atom stereocenters. The molecule has 0 radical (unpaired) electrons. The lowest BCUT2D eigenvalue weighted by Crippen LogP contribution is -2.29. The van der Waals surface area contributed by atoms with E-state index in [1.807, 2.05) is 47.3 Å². The number of unbranched alkanes of at least 4 members (excludes halogenated alkanes) is 3. The van der Waals surface area contributed by atoms with E-state index in [1.54, 1.807) is 4.90 Å². The molecule has 3 aromatic rings. The number of nitrogens with zero attached hydrogens (tertiary/aromatic N) is 3. The maximum absolute atomic E-state index is 13.2. The van der Waals surface area contributed by atoms with Gasteiger partial charge in [-0.15, -0.1) is 0 Å². The van der Waals surface area contributed by atoms with E-state index < -0.39 is 0 Å². The number of rotatable bonds is 9. The van der Waals surface area contributed by atoms with Crippen LogP contribution in [0.1, 0.15) is 69.1 Å². The van der Waals surface area contributed by atoms with Gasteiger partial charge in [-0.2, -0.15) is 5.10 Å². The molecule has 1 aromatic heterocycles. The van der Waals surface area contributed by atoms with Gasteiger partial charge in [0.25, 0.3) is 5.91 Å². The van der Waals surface area contributed by atoms with Crippen LogP contribution in [0.2, 0.25) is 0 Å². The standard InChI is InChI=1S/C29H33N3OS2/c1-5-6-7-11-16-31-28(33)26(35-29(31)34)18-23-19-32(24-12-9-8-10-13-24)30-27(23)25-17-22(20(2)3)15-14-21(25)4/h8-10,12-15,17-20H,5-7,11,16H2,1-4H3/b26-18-. The molecule has 4 rings (SSSR count). The third kappa shape index (κ3) is 5.76. The van der Waals surface area contributed by atoms with Crippen molar-refractivity contribution in [1.82, 2.24) is 14.7 Å². The van der Waals surface area contributed by atoms with Crippen LogP contribution in [0.3, 0.4) is 0 Å². The second kappa shape index (κ2) is 11.4. The minimum absolute atomic E-state index is 0.00237. The molecule has 182 valence electrons. The quantitative estimate of drug-likeness (QED) is 0.170. The fraction of sp³-hybridized carbons (Fsp3) is 0.345. The second-order valence-corrected chi connectivity index (χ2v) is 11.0. The summed E-state index contributed by atoms with van der Waals surface area (Å²) in [6.45, 7) is 9.38. The number of thioether (sulfide) groups is 1. The zero-order valence-corrected chi connectivity index (χ0v) is 22.6. The van der Waals surface area contributed by atoms with E-state index >= 15 is 0 Å². The molecule has 2 aromatic carbocycles. The molecule has 0 saturated carbocycles. The average molecular weight is 504 g/mol. The van der Waals surface area contributed by atoms with Gasteiger partial charge in [0.1, 0.15) is 10.0 Å². The number of benzene rings is 2. The van der Waals surface area contributed by atoms with Gasteiger partial charge >= 0.3 is 0 Å². The number of aryl methyl sites for hydroxylation is 1. The third-order valence-electron chi connectivity index (χ3n) is 6.34. The lowest BCUT2D eigenvalue weighted by atomic mass is 9.95. The highest BCUT2D eigenvalue weighted by Crippen LogP contribution is 2.36. The maximum Gasteiger partial charge on any atom is 0.266 e. The largest absolute Gasteiger partial charge is 0.293 e. The van der Waals surface area contributed by atoms with Crippen molar-refractivity contribution < 1.29 is 4.79 Å². The molecule has 6 heteroatoms. The highest BCUT2D eigenvalue weighted by Gasteiger charge is 2.32. The summed E-state index contributed by atoms with van der Waals surface area (Å²) in [6.07, 6.45) is 8.43. The molecule has 1 amide bonds. The number of aromatic nitrogens is 2. The van der Waals surface area contributed by atoms with Gasteiger partial charge in [0.2, 0.25) is 0 Å². The summed E-state index contributed by atoms with van der Waals surface area (Å²) in [7, 11) is 0. The monoisotopic (exact) mass is 503 g/mol. The Hall–Kier alpha value is -2.70. The van der Waals surface area contributed by atoms with Crippen LogP contribution in [-0.2, 0) is 4.79 Å². The first-order valence-corrected chi connectivity index (χ1v) is 13.6. The van der Waals surface area contributed by atoms with Gasteiger partial charge in [-0.05, 0) is 54.7 Å². The van der Waals surface area contributed by atoms with Crippen molar-refractivity contribution >= 4 is 40.3 Å². The van der Waals surface area contributed by atoms with Crippen LogP contribution in [0.5, 0.6) is 0 Å². The molecule has 0 aliphatic carbocycles. The number of carbonyl (C=O) groups excluding carboxylic acids is 1. The summed E-state index contributed by atoms with van der Waals surface area (Å²) in [5.74, 6) is 0.417. The van der Waals surface area contributed by atoms with E-state index in [-0.39, 0.29) is 5.91 Å². The summed E-state index contributed by atoms with van der Waals surface area (Å²) < 4.78 is 2.54. The smallest absolute Gasteiger partial charge is 0.266 e. The summed E-state index contributed by atoms with van der Waals surface area (Å²) in [5.41, 5.74) is 6.29. The van der Waals surface area contributed by atoms with E-state index in [2.05, 4.69) is 45.9 Å². The molecule has 2 heterocycles. The van der Waals surface area contributed by atoms with Crippen LogP contribution in [0.25, 0.3) is 23.0 Å². The molecule has 4 nitrogen and oxygen atoms in total. The van der Waals surface area contributed by atoms with E-state index in [9.17, 15) is 4.79 Å². The van der Waals surface area contributed by atoms with Crippen LogP contribution >= 0.6 is 24.0 Å². The molecule has 1 aliphatic rings. The van der Waals surface area contributed by atoms with Gasteiger partial charge in [-0.1, -0.05) is 94.3 Å². The Bertz CT molecular complexity index is 1240. The number of hydrogen-bond acceptors (Lipinski definition) is 4. The number of hydrogen-bond donors (Lipinski definition) is 0. The minimum Gasteiger partial charge on any atom is -0.293 e. The summed E-state index contributed by atoms with van der Waals surface area (Å²) in [6, 6.07) is 16.6. The normalized spacial score (nSPS) is 15.1. The lowest BCUT2D eigenvalue weighted by molar-refractivity contribution is -0.122. The van der Waals surface area contributed by atoms with Gasteiger partial charge in [0, 0.05) is 23.9 Å². The zero-order valence-electron chi connectivity index (χ0n) is 21.0. The molecular weight excluding hydrogens is 470 g/mol. The summed E-state index contributed by atoms with van der Waals surface area (Å²) in [4.78, 5) is 15.7. The molecule has 0 spiro atoms. The van der Waals surface area contributed by atoms with E-state index in [0.29, 0.717) is 21.7 Å². The number of para-hydroxylation sites is 1. The average Bonchev–Trinajstić information content (AvgIpc) is 3.38. The number of amides is 1. The van der Waals surface area contributed by atoms with Crippen LogP contribution in [-0.4, -0.2) is 31.5 Å². The van der Waals surface area contributed by atoms with Crippen LogP contribution < -0.4 is 0 Å². The van der Waals surface area contributed by atoms with Crippen molar-refractivity contribution in [3.8, 4) is 16.9 Å². The molecule has 1 saturated heterocycles. The Morgan fingerprint density at radius 3 is 2.57 bits per heavy atom. The van der Waals surface area contributed by atoms with Gasteiger partial charge < -0.3 is 0 Å². The van der Waals surface area contributed by atoms with Crippen molar-refractivity contribution in [2.24, 2.45) is 0 Å². The molecule has 0 atom stereocenters. The van der Waals surface area contributed by atoms with Crippen LogP contribution in [0, 0.1) is 6.92 Å². The predicted molar refractivity (Wildman–Crippen MR) is 152 cm³/mol. The number of carbonyl (C=O) groups is 1. The van der Waals surface area contributed by atoms with Crippen molar-refractivity contribution in [3.63, 3.8) is 0 Å². The molecule has 1 fully saturated rings. The third-order valence-corrected chi connectivity index (χ3v) is 7.72. The first-order valence-electron chi connectivity index (χ1n) is 12.4. The van der Waals surface area contributed by atoms with Gasteiger partial charge in [0.05, 0.1) is 10.6 Å². The zero-order chi connectivity index (χ0) is 24.9. The predicted octanol–water partition coefficient (Wildman–Crippen LogP) is 7.75. The van der Waals surface area contributed by atoms with Crippen LogP contribution in [0.4, 0.5) is 0 Å².